The van der Waals surface area contributed by atoms with Crippen molar-refractivity contribution in [3.05, 3.63) is 11.9 Å². The van der Waals surface area contributed by atoms with Crippen molar-refractivity contribution >= 4 is 11.6 Å². The number of aryl methyl sites for hydroxylation is 1. The van der Waals surface area contributed by atoms with Crippen molar-refractivity contribution in [3.63, 3.8) is 0 Å². The van der Waals surface area contributed by atoms with Crippen LogP contribution in [0.4, 0.5) is 11.6 Å². The van der Waals surface area contributed by atoms with Gasteiger partial charge in [-0.05, 0) is 13.8 Å². The van der Waals surface area contributed by atoms with E-state index in [1.165, 1.54) is 0 Å². The van der Waals surface area contributed by atoms with Gasteiger partial charge in [-0.3, -0.25) is 0 Å². The van der Waals surface area contributed by atoms with Gasteiger partial charge in [-0.2, -0.15) is 0 Å². The van der Waals surface area contributed by atoms with Gasteiger partial charge in [-0.15, -0.1) is 0 Å². The molecular weight excluding hydrogens is 268 g/mol. The maximum absolute atomic E-state index is 5.46. The second kappa shape index (κ2) is 10.3. The van der Waals surface area contributed by atoms with Gasteiger partial charge in [0.05, 0.1) is 13.2 Å². The molecule has 0 radical (unpaired) electrons. The number of nitrogens with zero attached hydrogens (tertiary/aromatic N) is 3. The first kappa shape index (κ1) is 17.7. The van der Waals surface area contributed by atoms with Crippen molar-refractivity contribution < 1.29 is 9.47 Å². The topological polar surface area (TPSA) is 59.5 Å². The number of aromatic nitrogens is 2. The first-order chi connectivity index (χ1) is 10.2. The van der Waals surface area contributed by atoms with Crippen molar-refractivity contribution in [2.75, 3.05) is 56.8 Å². The average Bonchev–Trinajstić information content (AvgIpc) is 2.53. The molecule has 0 saturated heterocycles. The lowest BCUT2D eigenvalue weighted by molar-refractivity contribution is 0.141. The maximum Gasteiger partial charge on any atom is 0.134 e. The first-order valence-corrected chi connectivity index (χ1v) is 7.71. The summed E-state index contributed by atoms with van der Waals surface area (Å²) in [6.45, 7) is 10.5. The lowest BCUT2D eigenvalue weighted by Gasteiger charge is -2.24. The van der Waals surface area contributed by atoms with Gasteiger partial charge >= 0.3 is 0 Å². The molecule has 0 aromatic carbocycles. The number of ether oxygens (including phenoxy) is 2. The van der Waals surface area contributed by atoms with Crippen molar-refractivity contribution in [3.8, 4) is 0 Å². The minimum Gasteiger partial charge on any atom is -0.380 e. The second-order valence-electron chi connectivity index (χ2n) is 4.51. The van der Waals surface area contributed by atoms with E-state index in [0.717, 1.165) is 50.2 Å². The van der Waals surface area contributed by atoms with E-state index < -0.39 is 0 Å². The van der Waals surface area contributed by atoms with Crippen LogP contribution in [-0.2, 0) is 15.9 Å². The molecule has 0 spiro atoms. The van der Waals surface area contributed by atoms with Crippen LogP contribution < -0.4 is 10.2 Å². The Labute approximate surface area is 127 Å². The standard InChI is InChI=1S/C15H28N4O2/c1-5-13-17-14(16-4)12-15(18-13)19(8-10-20-6-2)9-11-21-7-3/h12H,5-11H2,1-4H3,(H,16,17,18). The minimum atomic E-state index is 0.684. The molecule has 0 aliphatic rings. The van der Waals surface area contributed by atoms with E-state index in [9.17, 15) is 0 Å². The van der Waals surface area contributed by atoms with E-state index in [1.54, 1.807) is 0 Å². The smallest absolute Gasteiger partial charge is 0.134 e. The summed E-state index contributed by atoms with van der Waals surface area (Å²) >= 11 is 0. The van der Waals surface area contributed by atoms with Gasteiger partial charge in [0.15, 0.2) is 0 Å². The van der Waals surface area contributed by atoms with E-state index in [-0.39, 0.29) is 0 Å². The van der Waals surface area contributed by atoms with E-state index in [1.807, 2.05) is 27.0 Å². The SMILES string of the molecule is CCOCCN(CCOCC)c1cc(NC)nc(CC)n1. The Morgan fingerprint density at radius 2 is 1.67 bits per heavy atom. The molecule has 0 aliphatic carbocycles. The van der Waals surface area contributed by atoms with Crippen molar-refractivity contribution in [2.24, 2.45) is 0 Å². The van der Waals surface area contributed by atoms with Crippen LogP contribution in [0, 0.1) is 0 Å². The summed E-state index contributed by atoms with van der Waals surface area (Å²) in [6, 6.07) is 1.97. The molecule has 1 heterocycles. The summed E-state index contributed by atoms with van der Waals surface area (Å²) in [7, 11) is 1.87. The molecule has 1 rings (SSSR count). The highest BCUT2D eigenvalue weighted by Crippen LogP contribution is 2.16. The zero-order valence-electron chi connectivity index (χ0n) is 13.7. The molecule has 0 saturated carbocycles. The van der Waals surface area contributed by atoms with Gasteiger partial charge in [0.2, 0.25) is 0 Å². The molecule has 120 valence electrons. The molecule has 21 heavy (non-hydrogen) atoms. The fourth-order valence-electron chi connectivity index (χ4n) is 1.91. The van der Waals surface area contributed by atoms with E-state index in [2.05, 4.69) is 27.1 Å². The van der Waals surface area contributed by atoms with Gasteiger partial charge in [0.25, 0.3) is 0 Å². The Kier molecular flexibility index (Phi) is 8.69. The van der Waals surface area contributed by atoms with Crippen LogP contribution in [0.15, 0.2) is 6.07 Å². The third-order valence-corrected chi connectivity index (χ3v) is 3.07. The van der Waals surface area contributed by atoms with Crippen LogP contribution in [0.1, 0.15) is 26.6 Å². The van der Waals surface area contributed by atoms with Crippen LogP contribution in [0.2, 0.25) is 0 Å². The Hall–Kier alpha value is -1.40. The van der Waals surface area contributed by atoms with Gasteiger partial charge in [-0.25, -0.2) is 9.97 Å². The Bertz CT molecular complexity index is 369. The molecule has 6 nitrogen and oxygen atoms in total. The number of hydrogen-bond acceptors (Lipinski definition) is 6. The summed E-state index contributed by atoms with van der Waals surface area (Å²) in [6.07, 6.45) is 0.813. The summed E-state index contributed by atoms with van der Waals surface area (Å²) in [5.41, 5.74) is 0. The first-order valence-electron chi connectivity index (χ1n) is 7.71. The van der Waals surface area contributed by atoms with Crippen molar-refractivity contribution in [2.45, 2.75) is 27.2 Å². The third kappa shape index (κ3) is 6.27. The lowest BCUT2D eigenvalue weighted by Crippen LogP contribution is -2.32. The molecule has 0 amide bonds. The fourth-order valence-corrected chi connectivity index (χ4v) is 1.91. The molecule has 0 atom stereocenters. The maximum atomic E-state index is 5.46. The fraction of sp³-hybridized carbons (Fsp3) is 0.733. The molecule has 1 aromatic rings. The van der Waals surface area contributed by atoms with Gasteiger partial charge in [0.1, 0.15) is 17.5 Å². The van der Waals surface area contributed by atoms with Gasteiger partial charge < -0.3 is 19.7 Å². The molecule has 0 bridgehead atoms. The summed E-state index contributed by atoms with van der Waals surface area (Å²) in [5.74, 6) is 2.61. The predicted molar refractivity (Wildman–Crippen MR) is 86.2 cm³/mol. The Morgan fingerprint density at radius 1 is 1.05 bits per heavy atom. The minimum absolute atomic E-state index is 0.684. The molecule has 0 aliphatic heterocycles. The third-order valence-electron chi connectivity index (χ3n) is 3.07. The van der Waals surface area contributed by atoms with E-state index in [0.29, 0.717) is 13.2 Å². The van der Waals surface area contributed by atoms with Crippen LogP contribution in [0.5, 0.6) is 0 Å². The average molecular weight is 296 g/mol. The molecule has 0 fully saturated rings. The van der Waals surface area contributed by atoms with Gasteiger partial charge in [0, 0.05) is 45.8 Å². The highest BCUT2D eigenvalue weighted by atomic mass is 16.5. The quantitative estimate of drug-likeness (QED) is 0.630. The molecular formula is C15H28N4O2. The van der Waals surface area contributed by atoms with Crippen molar-refractivity contribution in [1.29, 1.82) is 0 Å². The van der Waals surface area contributed by atoms with Crippen LogP contribution in [0.3, 0.4) is 0 Å². The number of rotatable bonds is 11. The van der Waals surface area contributed by atoms with Crippen LogP contribution >= 0.6 is 0 Å². The number of anilines is 2. The zero-order chi connectivity index (χ0) is 15.5. The van der Waals surface area contributed by atoms with Crippen LogP contribution in [0.25, 0.3) is 0 Å². The van der Waals surface area contributed by atoms with Crippen molar-refractivity contribution in [1.82, 2.24) is 9.97 Å². The number of hydrogen-bond donors (Lipinski definition) is 1. The van der Waals surface area contributed by atoms with E-state index >= 15 is 0 Å². The second-order valence-corrected chi connectivity index (χ2v) is 4.51. The molecule has 1 N–H and O–H groups in total. The summed E-state index contributed by atoms with van der Waals surface area (Å²) in [4.78, 5) is 11.2. The normalized spacial score (nSPS) is 10.7. The van der Waals surface area contributed by atoms with E-state index in [4.69, 9.17) is 9.47 Å². The largest absolute Gasteiger partial charge is 0.380 e. The highest BCUT2D eigenvalue weighted by Gasteiger charge is 2.11. The predicted octanol–water partition coefficient (Wildman–Crippen LogP) is 1.96. The lowest BCUT2D eigenvalue weighted by atomic mass is 10.3. The monoisotopic (exact) mass is 296 g/mol. The Morgan fingerprint density at radius 3 is 2.14 bits per heavy atom. The summed E-state index contributed by atoms with van der Waals surface area (Å²) < 4.78 is 10.9. The Balaban J connectivity index is 2.83. The number of nitrogens with one attached hydrogen (secondary N) is 1. The summed E-state index contributed by atoms with van der Waals surface area (Å²) in [5, 5.41) is 3.09. The van der Waals surface area contributed by atoms with Crippen LogP contribution in [-0.4, -0.2) is 56.5 Å². The molecule has 6 heteroatoms. The highest BCUT2D eigenvalue weighted by molar-refractivity contribution is 5.49. The zero-order valence-corrected chi connectivity index (χ0v) is 13.7. The van der Waals surface area contributed by atoms with Gasteiger partial charge in [-0.1, -0.05) is 6.92 Å². The molecule has 1 aromatic heterocycles. The molecule has 0 unspecified atom stereocenters.